The lowest BCUT2D eigenvalue weighted by Crippen LogP contribution is -2.57. The number of rotatable bonds is 14. The Morgan fingerprint density at radius 2 is 0.464 bits per heavy atom. The highest BCUT2D eigenvalue weighted by Gasteiger charge is 2.66. The summed E-state index contributed by atoms with van der Waals surface area (Å²) in [7, 11) is 0. The second-order valence-electron chi connectivity index (χ2n) is 56.8. The van der Waals surface area contributed by atoms with Crippen LogP contribution in [0.15, 0.2) is 0 Å². The molecule has 0 radical (unpaired) electrons. The summed E-state index contributed by atoms with van der Waals surface area (Å²) in [5, 5.41) is 10.9. The summed E-state index contributed by atoms with van der Waals surface area (Å²) < 4.78 is 130. The van der Waals surface area contributed by atoms with Crippen LogP contribution in [0.1, 0.15) is 517 Å². The highest BCUT2D eigenvalue weighted by atomic mass is 32.2. The predicted octanol–water partition coefficient (Wildman–Crippen LogP) is 36.3. The molecule has 6 saturated heterocycles. The summed E-state index contributed by atoms with van der Waals surface area (Å²) in [6.07, 6.45) is 70.6. The summed E-state index contributed by atoms with van der Waals surface area (Å²) >= 11 is 15.0. The van der Waals surface area contributed by atoms with E-state index in [1.807, 2.05) is 0 Å². The molecule has 0 amide bonds. The van der Waals surface area contributed by atoms with Crippen LogP contribution in [0.3, 0.4) is 0 Å². The van der Waals surface area contributed by atoms with Crippen LogP contribution >= 0.6 is 70.6 Å². The van der Waals surface area contributed by atoms with Crippen LogP contribution in [-0.4, -0.2) is 151 Å². The lowest BCUT2D eigenvalue weighted by atomic mass is 9.64. The molecule has 0 bridgehead atoms. The molecule has 6 heterocycles. The summed E-state index contributed by atoms with van der Waals surface area (Å²) in [6.45, 7) is 15.0. The minimum absolute atomic E-state index is 0.0775. The molecule has 37 atom stereocenters. The molecule has 3 nitrogen and oxygen atoms in total. The zero-order valence-electron chi connectivity index (χ0n) is 99.3. The van der Waals surface area contributed by atoms with Gasteiger partial charge in [-0.1, -0.05) is 183 Å². The molecule has 0 spiro atoms. The van der Waals surface area contributed by atoms with E-state index in [0.29, 0.717) is 46.3 Å². The Bertz CT molecular complexity index is 4120. The third-order valence-corrected chi connectivity index (χ3v) is 59.8. The molecule has 6 aliphatic heterocycles. The lowest BCUT2D eigenvalue weighted by Gasteiger charge is -2.53. The van der Waals surface area contributed by atoms with Crippen molar-refractivity contribution in [2.75, 3.05) is 0 Å². The Morgan fingerprint density at radius 3 is 0.771 bits per heavy atom. The van der Waals surface area contributed by atoms with Crippen molar-refractivity contribution in [3.05, 3.63) is 0 Å². The van der Waals surface area contributed by atoms with Crippen molar-refractivity contribution in [1.82, 2.24) is 14.7 Å². The fourth-order valence-corrected chi connectivity index (χ4v) is 55.8. The smallest absolute Gasteiger partial charge is 0.109 e. The zero-order chi connectivity index (χ0) is 103. The maximum absolute atomic E-state index is 15.0. The third kappa shape index (κ3) is 21.5. The maximum Gasteiger partial charge on any atom is 0.109 e. The topological polar surface area (TPSA) is 9.72 Å². The van der Waals surface area contributed by atoms with Crippen LogP contribution in [0, 0.1) is 153 Å². The van der Waals surface area contributed by atoms with Gasteiger partial charge in [0, 0.05) is 150 Å². The van der Waals surface area contributed by atoms with E-state index in [-0.39, 0.29) is 42.4 Å². The first-order chi connectivity index (χ1) is 72.5. The van der Waals surface area contributed by atoms with Crippen molar-refractivity contribution in [2.45, 2.75) is 639 Å². The number of hydrogen-bond donors (Lipinski definition) is 0. The minimum Gasteiger partial charge on any atom is -0.293 e. The fourth-order valence-electron chi connectivity index (χ4n) is 41.7. The molecule has 26 aliphatic rings. The van der Waals surface area contributed by atoms with E-state index in [2.05, 4.69) is 127 Å². The van der Waals surface area contributed by atoms with Crippen molar-refractivity contribution in [3.8, 4) is 0 Å². The Labute approximate surface area is 898 Å². The lowest BCUT2D eigenvalue weighted by molar-refractivity contribution is -0.0336. The van der Waals surface area contributed by atoms with Gasteiger partial charge >= 0.3 is 0 Å². The first-order valence-electron chi connectivity index (χ1n) is 68.7. The molecule has 0 N–H and O–H groups in total. The van der Waals surface area contributed by atoms with Crippen molar-refractivity contribution < 1.29 is 26.9 Å². The van der Waals surface area contributed by atoms with Gasteiger partial charge in [0.05, 0.1) is 0 Å². The van der Waals surface area contributed by atoms with Crippen molar-refractivity contribution in [1.29, 1.82) is 0 Å². The van der Waals surface area contributed by atoms with Crippen LogP contribution < -0.4 is 0 Å². The van der Waals surface area contributed by atoms with Crippen LogP contribution in [-0.2, 0) is 0 Å². The molecule has 37 unspecified atom stereocenters. The average molecular weight is 2050 g/mol. The van der Waals surface area contributed by atoms with E-state index in [4.69, 9.17) is 13.7 Å². The van der Waals surface area contributed by atoms with Gasteiger partial charge in [-0.25, -0.2) is 13.2 Å². The third-order valence-electron chi connectivity index (χ3n) is 48.4. The summed E-state index contributed by atoms with van der Waals surface area (Å²) in [5.74, 6) is 17.0. The second-order valence-corrected chi connectivity index (χ2v) is 65.3. The van der Waals surface area contributed by atoms with Gasteiger partial charge in [0.2, 0.25) is 0 Å². The predicted molar refractivity (Wildman–Crippen MR) is 600 cm³/mol. The minimum atomic E-state index is -1.29. The second kappa shape index (κ2) is 45.9. The van der Waals surface area contributed by atoms with Crippen LogP contribution in [0.4, 0.5) is 13.2 Å². The first-order valence-corrected chi connectivity index (χ1v) is 68.6. The van der Waals surface area contributed by atoms with Crippen LogP contribution in [0.2, 0.25) is 0 Å². The molecule has 26 rings (SSSR count). The normalized spacial score (nSPS) is 57.8. The molecule has 794 valence electrons. The van der Waals surface area contributed by atoms with Gasteiger partial charge < -0.3 is 0 Å². The molecular weight excluding hydrogens is 1830 g/mol. The van der Waals surface area contributed by atoms with Crippen molar-refractivity contribution >= 4 is 70.6 Å². The van der Waals surface area contributed by atoms with Crippen molar-refractivity contribution in [2.24, 2.45) is 153 Å². The standard InChI is InChI=1S/C50H85NS2.C42H69NS2.C36H56F3NS2/c1-49(2,3)36-22-14-32(15-23-36)34-18-26-38(27-19-34)51(39-28-20-35(21-29-39)33-16-24-37(25-17-33)50(4,5)6)43-12-9-11-40-41-30-31-45-46(48(41)53-47(40)43)42-10-7-8-13-44(42)52-45;1-3-10-28(11-4-1)30-18-22-32(23-19-30)43(33-24-20-31(21-25-33)29-12-5-2-6-13-29)37-16-9-15-34-35-26-27-39-40(42(35)45-41(34)37)36-14-7-8-17-38(36)44-39;37-22-19-28(38)33(29(39)20-22)21-13-15-24(16-14-21)40(23-7-2-1-3-8-23)30-11-6-10-25-26-17-18-32-34(36(26)42-35(25)30)27-9-4-5-12-31(27)41-32/h32-48H,7-31H2,1-6H3;28-42H,1-27H2;21-36H,1-20H2/i;1D,2D,3D,4D,5D,6D,10D,11D,12D,13D;. The highest BCUT2D eigenvalue weighted by Crippen LogP contribution is 2.71. The Balaban J connectivity index is 0.000000121. The van der Waals surface area contributed by atoms with E-state index in [0.717, 1.165) is 265 Å². The number of nitrogens with zero attached hydrogens (tertiary/aromatic N) is 3. The number of alkyl halides is 3. The molecule has 0 aromatic rings. The zero-order valence-corrected chi connectivity index (χ0v) is 94.2. The quantitative estimate of drug-likeness (QED) is 0.167. The maximum atomic E-state index is 15.0. The van der Waals surface area contributed by atoms with E-state index < -0.39 is 88.4 Å². The Hall–Kier alpha value is 1.77. The summed E-state index contributed by atoms with van der Waals surface area (Å²) in [5.41, 5.74) is 1.02. The van der Waals surface area contributed by atoms with Gasteiger partial charge in [-0.05, 0) is 455 Å². The number of thioether (sulfide) groups is 6. The molecule has 26 fully saturated rings. The van der Waals surface area contributed by atoms with E-state index >= 15 is 0 Å². The van der Waals surface area contributed by atoms with Crippen LogP contribution in [0.25, 0.3) is 0 Å². The highest BCUT2D eigenvalue weighted by molar-refractivity contribution is 8.03. The van der Waals surface area contributed by atoms with Gasteiger partial charge in [-0.15, -0.1) is 0 Å². The van der Waals surface area contributed by atoms with E-state index in [1.165, 1.54) is 244 Å². The van der Waals surface area contributed by atoms with Gasteiger partial charge in [0.25, 0.3) is 0 Å². The number of hydrogen-bond acceptors (Lipinski definition) is 9. The largest absolute Gasteiger partial charge is 0.293 e. The average Bonchev–Trinajstić information content (AvgIpc) is 1.57. The molecule has 20 saturated carbocycles. The molecular formula is C128H210F3N3S6. The van der Waals surface area contributed by atoms with E-state index in [1.54, 1.807) is 64.2 Å². The fraction of sp³-hybridized carbons (Fsp3) is 1.00. The summed E-state index contributed by atoms with van der Waals surface area (Å²) in [4.78, 5) is 9.59. The Kier molecular flexibility index (Phi) is 30.2. The Morgan fingerprint density at radius 1 is 0.207 bits per heavy atom. The molecule has 140 heavy (non-hydrogen) atoms. The van der Waals surface area contributed by atoms with E-state index in [9.17, 15) is 13.2 Å². The van der Waals surface area contributed by atoms with Crippen molar-refractivity contribution in [3.63, 3.8) is 0 Å². The molecule has 12 heteroatoms. The molecule has 0 aromatic heterocycles. The SMILES string of the molecule is CC(C)(C)C1CCC(C2CCC(N(C3CCC(C4CCC(C(C)(C)C)CC4)CC3)C3CCCC4C5CCC6SC7CCCCC7C6C5SC43)CC2)CC1.FC1CC(F)C(C2CCC(N(C3CCCCC3)C3CCCC4C5CCC6SC7CCCCC7C6C5SC43)CC2)C(F)C1.[2H]C1C([2H])C([2H])C(C2CCC(N(C3CCC(C4C([2H])C([2H])C([2H])C([2H])C4[2H])CC3)C3CCCC4C5CCC6SC7CCCCC7C6C5SC43)CC2)C([2H])C1[2H]. The number of fused-ring (bicyclic) bond motifs is 21. The van der Waals surface area contributed by atoms with Gasteiger partial charge in [0.1, 0.15) is 18.5 Å². The van der Waals surface area contributed by atoms with Gasteiger partial charge in [-0.2, -0.15) is 70.6 Å². The molecule has 0 aromatic carbocycles. The first kappa shape index (κ1) is 92.0. The van der Waals surface area contributed by atoms with Crippen LogP contribution in [0.5, 0.6) is 0 Å². The summed E-state index contributed by atoms with van der Waals surface area (Å²) in [6, 6.07) is 6.14. The molecule has 20 aliphatic carbocycles. The van der Waals surface area contributed by atoms with Gasteiger partial charge in [-0.3, -0.25) is 14.7 Å². The van der Waals surface area contributed by atoms with Gasteiger partial charge in [0.15, 0.2) is 0 Å². The number of halogens is 3. The monoisotopic (exact) mass is 2050 g/mol.